The van der Waals surface area contributed by atoms with E-state index in [1.807, 2.05) is 0 Å². The SMILES string of the molecule is Cc1c(C)n(-c2ccc(-c3ccccc3)c3ccccc23)c2c1cc1ccc3c4c(ccc2c14)cc1c(C)c(C)n(-c2ccc(-c4ccccc4)c4ccccc24)c13. The van der Waals surface area contributed by atoms with Crippen molar-refractivity contribution < 1.29 is 0 Å². The monoisotopic (exact) mass is 740 g/mol. The predicted octanol–water partition coefficient (Wildman–Crippen LogP) is 15.3. The lowest BCUT2D eigenvalue weighted by atomic mass is 9.90. The fourth-order valence-corrected chi connectivity index (χ4v) is 10.3. The number of hydrogen-bond donors (Lipinski definition) is 0. The standard InChI is InChI=1S/C56H40N2/c1-33-35(3)57(51-29-27-41(37-15-7-5-8-16-37)43-19-11-13-21-45(43)51)55-47-25-24-40-32-50-34(2)36(4)58(56(50)48-26-23-39(31-49(33)55)53(47)54(40)48)52-30-28-42(38-17-9-6-10-18-38)44-20-12-14-22-46(44)52/h5-32H,1-4H3. The van der Waals surface area contributed by atoms with Gasteiger partial charge in [-0.1, -0.05) is 146 Å². The minimum Gasteiger partial charge on any atom is -0.312 e. The van der Waals surface area contributed by atoms with E-state index in [1.54, 1.807) is 0 Å². The van der Waals surface area contributed by atoms with Gasteiger partial charge in [0, 0.05) is 43.7 Å². The van der Waals surface area contributed by atoms with E-state index in [0.29, 0.717) is 0 Å². The van der Waals surface area contributed by atoms with Crippen LogP contribution in [0.1, 0.15) is 22.5 Å². The Bertz CT molecular complexity index is 3390. The average molecular weight is 741 g/mol. The Morgan fingerprint density at radius 2 is 0.690 bits per heavy atom. The zero-order valence-corrected chi connectivity index (χ0v) is 33.1. The van der Waals surface area contributed by atoms with Gasteiger partial charge in [0.15, 0.2) is 0 Å². The van der Waals surface area contributed by atoms with Crippen LogP contribution in [-0.4, -0.2) is 9.13 Å². The van der Waals surface area contributed by atoms with Crippen molar-refractivity contribution in [3.8, 4) is 33.6 Å². The molecule has 0 saturated heterocycles. The molecule has 0 fully saturated rings. The van der Waals surface area contributed by atoms with E-state index in [-0.39, 0.29) is 0 Å². The molecule has 2 nitrogen and oxygen atoms in total. The third-order valence-corrected chi connectivity index (χ3v) is 13.3. The second-order valence-corrected chi connectivity index (χ2v) is 16.1. The third kappa shape index (κ3) is 4.43. The van der Waals surface area contributed by atoms with E-state index in [2.05, 4.69) is 207 Å². The molecule has 58 heavy (non-hydrogen) atoms. The first kappa shape index (κ1) is 33.0. The molecule has 2 heteroatoms. The molecule has 0 aliphatic carbocycles. The lowest BCUT2D eigenvalue weighted by Crippen LogP contribution is -2.00. The van der Waals surface area contributed by atoms with Gasteiger partial charge in [0.2, 0.25) is 0 Å². The topological polar surface area (TPSA) is 9.86 Å². The number of benzene rings is 10. The molecular weight excluding hydrogens is 701 g/mol. The van der Waals surface area contributed by atoms with Crippen LogP contribution in [0.25, 0.3) is 109 Å². The number of fused-ring (bicyclic) bond motifs is 6. The van der Waals surface area contributed by atoms with Gasteiger partial charge in [0.1, 0.15) is 0 Å². The van der Waals surface area contributed by atoms with Crippen molar-refractivity contribution in [1.82, 2.24) is 9.13 Å². The molecule has 0 N–H and O–H groups in total. The first-order valence-electron chi connectivity index (χ1n) is 20.4. The van der Waals surface area contributed by atoms with Crippen LogP contribution in [0, 0.1) is 27.7 Å². The number of aromatic nitrogens is 2. The van der Waals surface area contributed by atoms with Crippen LogP contribution in [0.5, 0.6) is 0 Å². The zero-order chi connectivity index (χ0) is 38.8. The van der Waals surface area contributed by atoms with Crippen LogP contribution in [0.2, 0.25) is 0 Å². The van der Waals surface area contributed by atoms with Crippen LogP contribution in [0.3, 0.4) is 0 Å². The number of nitrogens with zero attached hydrogens (tertiary/aromatic N) is 2. The summed E-state index contributed by atoms with van der Waals surface area (Å²) in [6.45, 7) is 9.17. The van der Waals surface area contributed by atoms with Crippen LogP contribution in [0.15, 0.2) is 170 Å². The molecule has 0 spiro atoms. The van der Waals surface area contributed by atoms with Crippen molar-refractivity contribution in [2.24, 2.45) is 0 Å². The van der Waals surface area contributed by atoms with Gasteiger partial charge in [-0.25, -0.2) is 0 Å². The van der Waals surface area contributed by atoms with Crippen LogP contribution < -0.4 is 0 Å². The Labute approximate surface area is 337 Å². The van der Waals surface area contributed by atoms with Crippen molar-refractivity contribution in [3.63, 3.8) is 0 Å². The van der Waals surface area contributed by atoms with Crippen molar-refractivity contribution >= 4 is 75.7 Å². The first-order valence-corrected chi connectivity index (χ1v) is 20.4. The van der Waals surface area contributed by atoms with Crippen molar-refractivity contribution in [2.75, 3.05) is 0 Å². The van der Waals surface area contributed by atoms with Gasteiger partial charge in [0.25, 0.3) is 0 Å². The molecule has 0 atom stereocenters. The number of hydrogen-bond acceptors (Lipinski definition) is 0. The van der Waals surface area contributed by atoms with Gasteiger partial charge in [-0.3, -0.25) is 0 Å². The van der Waals surface area contributed by atoms with Gasteiger partial charge in [0.05, 0.1) is 22.4 Å². The summed E-state index contributed by atoms with van der Waals surface area (Å²) in [6.07, 6.45) is 0. The predicted molar refractivity (Wildman–Crippen MR) is 249 cm³/mol. The largest absolute Gasteiger partial charge is 0.312 e. The van der Waals surface area contributed by atoms with Crippen molar-refractivity contribution in [3.05, 3.63) is 192 Å². The minimum atomic E-state index is 1.22. The van der Waals surface area contributed by atoms with Gasteiger partial charge in [-0.15, -0.1) is 0 Å². The summed E-state index contributed by atoms with van der Waals surface area (Å²) in [5.74, 6) is 0. The average Bonchev–Trinajstić information content (AvgIpc) is 3.68. The lowest BCUT2D eigenvalue weighted by molar-refractivity contribution is 1.05. The van der Waals surface area contributed by atoms with Crippen LogP contribution >= 0.6 is 0 Å². The summed E-state index contributed by atoms with van der Waals surface area (Å²) in [7, 11) is 0. The molecule has 274 valence electrons. The number of aryl methyl sites for hydroxylation is 2. The summed E-state index contributed by atoms with van der Waals surface area (Å²) >= 11 is 0. The van der Waals surface area contributed by atoms with Crippen molar-refractivity contribution in [2.45, 2.75) is 27.7 Å². The Balaban J connectivity index is 1.16. The van der Waals surface area contributed by atoms with Crippen LogP contribution in [-0.2, 0) is 0 Å². The molecule has 2 heterocycles. The quantitative estimate of drug-likeness (QED) is 0.159. The Kier molecular flexibility index (Phi) is 6.93. The highest BCUT2D eigenvalue weighted by atomic mass is 15.0. The molecule has 0 aliphatic rings. The zero-order valence-electron chi connectivity index (χ0n) is 33.1. The van der Waals surface area contributed by atoms with E-state index in [9.17, 15) is 0 Å². The van der Waals surface area contributed by atoms with Gasteiger partial charge in [-0.2, -0.15) is 0 Å². The molecule has 12 rings (SSSR count). The maximum Gasteiger partial charge on any atom is 0.0613 e. The molecule has 0 unspecified atom stereocenters. The van der Waals surface area contributed by atoms with Crippen LogP contribution in [0.4, 0.5) is 0 Å². The highest BCUT2D eigenvalue weighted by Gasteiger charge is 2.24. The lowest BCUT2D eigenvalue weighted by Gasteiger charge is -2.19. The smallest absolute Gasteiger partial charge is 0.0613 e. The molecule has 12 aromatic rings. The molecular formula is C56H40N2. The van der Waals surface area contributed by atoms with Gasteiger partial charge < -0.3 is 9.13 Å². The van der Waals surface area contributed by atoms with Gasteiger partial charge in [-0.05, 0) is 118 Å². The maximum absolute atomic E-state index is 2.54. The molecule has 0 aliphatic heterocycles. The van der Waals surface area contributed by atoms with E-state index in [0.717, 1.165) is 0 Å². The Hall–Kier alpha value is -7.16. The summed E-state index contributed by atoms with van der Waals surface area (Å²) in [5, 5.41) is 15.5. The molecule has 0 bridgehead atoms. The normalized spacial score (nSPS) is 12.1. The maximum atomic E-state index is 2.54. The van der Waals surface area contributed by atoms with E-state index in [4.69, 9.17) is 0 Å². The van der Waals surface area contributed by atoms with E-state index < -0.39 is 0 Å². The van der Waals surface area contributed by atoms with E-state index >= 15 is 0 Å². The number of rotatable bonds is 4. The molecule has 2 aromatic heterocycles. The molecule has 10 aromatic carbocycles. The van der Waals surface area contributed by atoms with Gasteiger partial charge >= 0.3 is 0 Å². The fraction of sp³-hybridized carbons (Fsp3) is 0.0714. The second-order valence-electron chi connectivity index (χ2n) is 16.1. The Morgan fingerprint density at radius 1 is 0.310 bits per heavy atom. The van der Waals surface area contributed by atoms with Crippen molar-refractivity contribution in [1.29, 1.82) is 0 Å². The summed E-state index contributed by atoms with van der Waals surface area (Å²) in [5.41, 5.74) is 15.2. The molecule has 0 radical (unpaired) electrons. The fourth-order valence-electron chi connectivity index (χ4n) is 10.3. The second kappa shape index (κ2) is 12.2. The Morgan fingerprint density at radius 3 is 1.10 bits per heavy atom. The summed E-state index contributed by atoms with van der Waals surface area (Å²) < 4.78 is 5.08. The minimum absolute atomic E-state index is 1.22. The highest BCUT2D eigenvalue weighted by molar-refractivity contribution is 6.33. The first-order chi connectivity index (χ1) is 28.5. The summed E-state index contributed by atoms with van der Waals surface area (Å²) in [4.78, 5) is 0. The molecule has 0 saturated carbocycles. The summed E-state index contributed by atoms with van der Waals surface area (Å²) in [6, 6.07) is 63.1. The van der Waals surface area contributed by atoms with E-state index in [1.165, 1.54) is 132 Å². The molecule has 0 amide bonds. The third-order valence-electron chi connectivity index (χ3n) is 13.3. The highest BCUT2D eigenvalue weighted by Crippen LogP contribution is 2.47.